The van der Waals surface area contributed by atoms with Crippen molar-refractivity contribution in [2.45, 2.75) is 73.8 Å². The van der Waals surface area contributed by atoms with E-state index >= 15 is 0 Å². The third-order valence-corrected chi connectivity index (χ3v) is 9.81. The maximum absolute atomic E-state index is 12.7. The van der Waals surface area contributed by atoms with Crippen LogP contribution >= 0.6 is 0 Å². The topological polar surface area (TPSA) is 80.6 Å². The van der Waals surface area contributed by atoms with E-state index in [1.54, 1.807) is 0 Å². The largest absolute Gasteiger partial charge is 0.485 e. The lowest BCUT2D eigenvalue weighted by Crippen LogP contribution is -2.80. The molecule has 7 heteroatoms. The Morgan fingerprint density at radius 3 is 2.58 bits per heavy atom. The van der Waals surface area contributed by atoms with Crippen LogP contribution in [-0.2, 0) is 21.5 Å². The Hall–Kier alpha value is -2.16. The van der Waals surface area contributed by atoms with Gasteiger partial charge in [0.05, 0.1) is 36.4 Å². The molecule has 2 aromatic rings. The van der Waals surface area contributed by atoms with Gasteiger partial charge in [-0.1, -0.05) is 36.4 Å². The first-order chi connectivity index (χ1) is 17.6. The van der Waals surface area contributed by atoms with E-state index in [9.17, 15) is 10.2 Å². The molecule has 6 aliphatic rings. The van der Waals surface area contributed by atoms with Gasteiger partial charge in [0.25, 0.3) is 0 Å². The van der Waals surface area contributed by atoms with E-state index in [-0.39, 0.29) is 6.04 Å². The van der Waals surface area contributed by atoms with Gasteiger partial charge in [-0.05, 0) is 55.3 Å². The maximum Gasteiger partial charge on any atom is 0.207 e. The number of rotatable bonds is 5. The summed E-state index contributed by atoms with van der Waals surface area (Å²) in [7, 11) is 0. The molecule has 2 bridgehead atoms. The van der Waals surface area contributed by atoms with Crippen LogP contribution in [0.1, 0.15) is 54.9 Å². The van der Waals surface area contributed by atoms with Crippen molar-refractivity contribution < 1.29 is 29.2 Å². The van der Waals surface area contributed by atoms with Crippen molar-refractivity contribution in [1.29, 1.82) is 0 Å². The van der Waals surface area contributed by atoms with Crippen LogP contribution in [0.5, 0.6) is 11.5 Å². The number of hydrogen-bond acceptors (Lipinski definition) is 7. The number of hydrogen-bond donors (Lipinski definition) is 2. The van der Waals surface area contributed by atoms with Gasteiger partial charge in [0.1, 0.15) is 6.61 Å². The molecule has 2 saturated carbocycles. The van der Waals surface area contributed by atoms with Crippen LogP contribution < -0.4 is 9.47 Å². The summed E-state index contributed by atoms with van der Waals surface area (Å²) in [5, 5.41) is 24.5. The number of ether oxygens (including phenoxy) is 4. The lowest BCUT2D eigenvalue weighted by atomic mass is 9.47. The zero-order valence-electron chi connectivity index (χ0n) is 20.4. The van der Waals surface area contributed by atoms with Gasteiger partial charge < -0.3 is 29.2 Å². The normalized spacial score (nSPS) is 37.6. The first kappa shape index (κ1) is 21.9. The molecule has 0 radical (unpaired) electrons. The molecule has 0 unspecified atom stereocenters. The number of piperidine rings is 1. The van der Waals surface area contributed by atoms with E-state index < -0.39 is 29.0 Å². The summed E-state index contributed by atoms with van der Waals surface area (Å²) in [6.45, 7) is 3.20. The third kappa shape index (κ3) is 2.70. The molecule has 2 saturated heterocycles. The van der Waals surface area contributed by atoms with E-state index in [0.29, 0.717) is 50.1 Å². The van der Waals surface area contributed by atoms with Crippen LogP contribution in [0.2, 0.25) is 0 Å². The summed E-state index contributed by atoms with van der Waals surface area (Å²) in [6, 6.07) is 13.6. The fraction of sp³-hybridized carbons (Fsp3) is 0.586. The predicted octanol–water partition coefficient (Wildman–Crippen LogP) is 3.06. The van der Waals surface area contributed by atoms with Crippen molar-refractivity contribution in [2.24, 2.45) is 5.92 Å². The molecular weight excluding hydrogens is 458 g/mol. The molecule has 3 aliphatic carbocycles. The van der Waals surface area contributed by atoms with Crippen molar-refractivity contribution in [1.82, 2.24) is 4.90 Å². The van der Waals surface area contributed by atoms with Crippen LogP contribution in [-0.4, -0.2) is 65.0 Å². The zero-order chi connectivity index (χ0) is 24.1. The van der Waals surface area contributed by atoms with Gasteiger partial charge in [0.2, 0.25) is 5.79 Å². The van der Waals surface area contributed by atoms with Crippen LogP contribution in [0.4, 0.5) is 0 Å². The standard InChI is InChI=1S/C29H33NO6/c31-23-20-8-9-21(33-17-19-4-2-1-3-5-19)24-22(20)27-12-13-30(16-18-6-7-18)25(23)28(27,32)10-11-29(26(27)36-24)34-14-15-35-29/h1-5,8-9,18,23,25-26,31-32H,6-7,10-17H2/t23-,25-,26-,27+,28-/m1/s1. The van der Waals surface area contributed by atoms with E-state index in [4.69, 9.17) is 18.9 Å². The highest BCUT2D eigenvalue weighted by Crippen LogP contribution is 2.69. The van der Waals surface area contributed by atoms with Crippen molar-refractivity contribution >= 4 is 0 Å². The molecule has 8 rings (SSSR count). The Bertz CT molecular complexity index is 1190. The number of nitrogens with zero attached hydrogens (tertiary/aromatic N) is 1. The molecule has 190 valence electrons. The van der Waals surface area contributed by atoms with Gasteiger partial charge in [-0.15, -0.1) is 0 Å². The molecule has 3 aliphatic heterocycles. The Morgan fingerprint density at radius 2 is 1.81 bits per heavy atom. The second-order valence-corrected chi connectivity index (χ2v) is 11.6. The van der Waals surface area contributed by atoms with Gasteiger partial charge >= 0.3 is 0 Å². The van der Waals surface area contributed by atoms with Gasteiger partial charge in [-0.3, -0.25) is 4.90 Å². The number of aliphatic hydroxyl groups is 2. The van der Waals surface area contributed by atoms with Crippen molar-refractivity contribution in [3.63, 3.8) is 0 Å². The number of likely N-dealkylation sites (tertiary alicyclic amines) is 1. The summed E-state index contributed by atoms with van der Waals surface area (Å²) in [4.78, 5) is 2.36. The van der Waals surface area contributed by atoms with Gasteiger partial charge in [-0.25, -0.2) is 0 Å². The first-order valence-electron chi connectivity index (χ1n) is 13.5. The Morgan fingerprint density at radius 1 is 1.00 bits per heavy atom. The smallest absolute Gasteiger partial charge is 0.207 e. The highest BCUT2D eigenvalue weighted by Gasteiger charge is 2.78. The average molecular weight is 492 g/mol. The van der Waals surface area contributed by atoms with E-state index in [1.165, 1.54) is 12.8 Å². The van der Waals surface area contributed by atoms with Crippen LogP contribution in [0, 0.1) is 5.92 Å². The minimum absolute atomic E-state index is 0.369. The minimum atomic E-state index is -1.14. The molecule has 2 spiro atoms. The molecule has 2 N–H and O–H groups in total. The average Bonchev–Trinajstić information content (AvgIpc) is 3.45. The van der Waals surface area contributed by atoms with Crippen molar-refractivity contribution in [3.05, 3.63) is 59.2 Å². The summed E-state index contributed by atoms with van der Waals surface area (Å²) in [6.07, 6.45) is 2.98. The highest BCUT2D eigenvalue weighted by molar-refractivity contribution is 5.64. The minimum Gasteiger partial charge on any atom is -0.485 e. The number of aliphatic hydroxyl groups excluding tert-OH is 1. The lowest BCUT2D eigenvalue weighted by molar-refractivity contribution is -0.304. The third-order valence-electron chi connectivity index (χ3n) is 9.81. The molecule has 0 amide bonds. The van der Waals surface area contributed by atoms with Gasteiger partial charge in [0.15, 0.2) is 17.6 Å². The fourth-order valence-electron chi connectivity index (χ4n) is 8.11. The summed E-state index contributed by atoms with van der Waals surface area (Å²) in [5.41, 5.74) is 0.982. The molecular formula is C29H33NO6. The fourth-order valence-corrected chi connectivity index (χ4v) is 8.11. The first-order valence-corrected chi connectivity index (χ1v) is 13.5. The Kier molecular flexibility index (Phi) is 4.53. The second kappa shape index (κ2) is 7.45. The maximum atomic E-state index is 12.7. The summed E-state index contributed by atoms with van der Waals surface area (Å²) < 4.78 is 25.7. The van der Waals surface area contributed by atoms with E-state index in [1.807, 2.05) is 42.5 Å². The molecule has 0 aromatic heterocycles. The SMILES string of the molecule is O[C@@H]1c2ccc(OCc3ccccc3)c3c2[C@]24CCN(CC5CC5)[C@H]1[C@]2(O)CCC1(OCCO1)[C@@H]4O3. The van der Waals surface area contributed by atoms with E-state index in [0.717, 1.165) is 36.2 Å². The van der Waals surface area contributed by atoms with Crippen molar-refractivity contribution in [3.8, 4) is 11.5 Å². The van der Waals surface area contributed by atoms with Gasteiger partial charge in [-0.2, -0.15) is 0 Å². The Balaban J connectivity index is 1.28. The van der Waals surface area contributed by atoms with Crippen LogP contribution in [0.15, 0.2) is 42.5 Å². The highest BCUT2D eigenvalue weighted by atomic mass is 16.8. The van der Waals surface area contributed by atoms with Crippen molar-refractivity contribution in [2.75, 3.05) is 26.3 Å². The summed E-state index contributed by atoms with van der Waals surface area (Å²) in [5.74, 6) is 1.07. The lowest BCUT2D eigenvalue weighted by Gasteiger charge is -2.66. The predicted molar refractivity (Wildman–Crippen MR) is 130 cm³/mol. The summed E-state index contributed by atoms with van der Waals surface area (Å²) >= 11 is 0. The number of benzene rings is 2. The molecule has 3 heterocycles. The van der Waals surface area contributed by atoms with Crippen LogP contribution in [0.25, 0.3) is 0 Å². The molecule has 2 aromatic carbocycles. The molecule has 7 nitrogen and oxygen atoms in total. The quantitative estimate of drug-likeness (QED) is 0.666. The molecule has 36 heavy (non-hydrogen) atoms. The second-order valence-electron chi connectivity index (χ2n) is 11.6. The molecule has 5 atom stereocenters. The monoisotopic (exact) mass is 491 g/mol. The van der Waals surface area contributed by atoms with E-state index in [2.05, 4.69) is 4.90 Å². The molecule has 4 fully saturated rings. The van der Waals surface area contributed by atoms with Crippen LogP contribution in [0.3, 0.4) is 0 Å². The van der Waals surface area contributed by atoms with Gasteiger partial charge in [0, 0.05) is 18.5 Å². The Labute approximate surface area is 210 Å². The zero-order valence-corrected chi connectivity index (χ0v) is 20.4. The number of fused-ring (bicyclic) bond motifs is 1.